The highest BCUT2D eigenvalue weighted by molar-refractivity contribution is 9.10. The number of esters is 1. The Hall–Kier alpha value is -1.95. The summed E-state index contributed by atoms with van der Waals surface area (Å²) in [7, 11) is 0. The van der Waals surface area contributed by atoms with Crippen LogP contribution in [0.5, 0.6) is 5.75 Å². The number of aromatic nitrogens is 2. The van der Waals surface area contributed by atoms with Gasteiger partial charge < -0.3 is 9.47 Å². The van der Waals surface area contributed by atoms with Gasteiger partial charge in [-0.3, -0.25) is 14.8 Å². The topological polar surface area (TPSA) is 61.3 Å². The summed E-state index contributed by atoms with van der Waals surface area (Å²) in [6.07, 6.45) is 6.62. The number of hydrogen-bond acceptors (Lipinski definition) is 5. The summed E-state index contributed by atoms with van der Waals surface area (Å²) in [6.45, 7) is 4.07. The van der Waals surface area contributed by atoms with E-state index in [1.54, 1.807) is 36.9 Å². The van der Waals surface area contributed by atoms with Gasteiger partial charge in [0.25, 0.3) is 0 Å². The predicted octanol–water partition coefficient (Wildman–Crippen LogP) is 3.14. The summed E-state index contributed by atoms with van der Waals surface area (Å²) in [6, 6.07) is 5.46. The van der Waals surface area contributed by atoms with Crippen LogP contribution in [-0.4, -0.2) is 29.2 Å². The molecular weight excluding hydrogens is 348 g/mol. The van der Waals surface area contributed by atoms with Crippen molar-refractivity contribution in [3.63, 3.8) is 0 Å². The average Bonchev–Trinajstić information content (AvgIpc) is 2.52. The molecule has 0 fully saturated rings. The summed E-state index contributed by atoms with van der Waals surface area (Å²) in [5.74, 6) is 0.313. The van der Waals surface area contributed by atoms with Crippen LogP contribution >= 0.6 is 15.9 Å². The van der Waals surface area contributed by atoms with Crippen molar-refractivity contribution in [2.75, 3.05) is 13.2 Å². The molecule has 0 amide bonds. The number of hydrogen-bond donors (Lipinski definition) is 0. The van der Waals surface area contributed by atoms with Crippen LogP contribution in [0.4, 0.5) is 0 Å². The maximum atomic E-state index is 12.2. The third-order valence-electron chi connectivity index (χ3n) is 3.16. The van der Waals surface area contributed by atoms with Crippen LogP contribution in [0.15, 0.2) is 47.5 Å². The van der Waals surface area contributed by atoms with Crippen LogP contribution in [0.3, 0.4) is 0 Å². The average molecular weight is 365 g/mol. The maximum absolute atomic E-state index is 12.2. The van der Waals surface area contributed by atoms with Gasteiger partial charge >= 0.3 is 5.97 Å². The van der Waals surface area contributed by atoms with Gasteiger partial charge in [0.15, 0.2) is 0 Å². The van der Waals surface area contributed by atoms with Gasteiger partial charge in [0.05, 0.1) is 11.6 Å². The first-order valence-electron chi connectivity index (χ1n) is 6.81. The maximum Gasteiger partial charge on any atom is 0.316 e. The Balaban J connectivity index is 1.83. The van der Waals surface area contributed by atoms with E-state index in [4.69, 9.17) is 9.47 Å². The number of halogens is 1. The molecule has 0 atom stereocenters. The summed E-state index contributed by atoms with van der Waals surface area (Å²) >= 11 is 3.31. The third-order valence-corrected chi connectivity index (χ3v) is 3.59. The number of pyridine rings is 2. The Morgan fingerprint density at radius 2 is 2.05 bits per heavy atom. The summed E-state index contributed by atoms with van der Waals surface area (Å²) in [5.41, 5.74) is 0.0723. The molecule has 0 N–H and O–H groups in total. The quantitative estimate of drug-likeness (QED) is 0.581. The van der Waals surface area contributed by atoms with Crippen molar-refractivity contribution in [3.05, 3.63) is 53.0 Å². The smallest absolute Gasteiger partial charge is 0.316 e. The minimum Gasteiger partial charge on any atom is -0.488 e. The van der Waals surface area contributed by atoms with Crippen LogP contribution in [-0.2, 0) is 14.9 Å². The normalized spacial score (nSPS) is 11.0. The minimum absolute atomic E-state index is 0.176. The van der Waals surface area contributed by atoms with Crippen molar-refractivity contribution in [1.82, 2.24) is 9.97 Å². The molecule has 2 aromatic rings. The Kier molecular flexibility index (Phi) is 5.49. The molecule has 0 aromatic carbocycles. The molecule has 0 radical (unpaired) electrons. The standard InChI is InChI=1S/C16H17BrN2O3/c1-16(2,12-4-3-5-18-9-12)15(20)22-7-6-21-14-8-13(17)10-19-11-14/h3-5,8-11H,6-7H2,1-2H3. The van der Waals surface area contributed by atoms with Crippen molar-refractivity contribution >= 4 is 21.9 Å². The SMILES string of the molecule is CC(C)(C(=O)OCCOc1cncc(Br)c1)c1cccnc1. The van der Waals surface area contributed by atoms with E-state index in [0.717, 1.165) is 10.0 Å². The molecule has 0 saturated heterocycles. The monoisotopic (exact) mass is 364 g/mol. The highest BCUT2D eigenvalue weighted by Crippen LogP contribution is 2.23. The first kappa shape index (κ1) is 16.4. The van der Waals surface area contributed by atoms with Crippen molar-refractivity contribution in [3.8, 4) is 5.75 Å². The summed E-state index contributed by atoms with van der Waals surface area (Å²) in [5, 5.41) is 0. The van der Waals surface area contributed by atoms with Crippen molar-refractivity contribution in [2.45, 2.75) is 19.3 Å². The Labute approximate surface area is 137 Å². The Bertz CT molecular complexity index is 632. The van der Waals surface area contributed by atoms with Gasteiger partial charge in [-0.1, -0.05) is 6.07 Å². The zero-order chi connectivity index (χ0) is 16.0. The second-order valence-corrected chi connectivity index (χ2v) is 6.11. The van der Waals surface area contributed by atoms with E-state index in [2.05, 4.69) is 25.9 Å². The number of ether oxygens (including phenoxy) is 2. The van der Waals surface area contributed by atoms with Crippen LogP contribution < -0.4 is 4.74 Å². The molecule has 2 heterocycles. The van der Waals surface area contributed by atoms with E-state index in [1.807, 2.05) is 19.9 Å². The number of carbonyl (C=O) groups is 1. The van der Waals surface area contributed by atoms with Gasteiger partial charge in [0.1, 0.15) is 19.0 Å². The molecule has 0 aliphatic heterocycles. The predicted molar refractivity (Wildman–Crippen MR) is 85.7 cm³/mol. The molecule has 0 spiro atoms. The van der Waals surface area contributed by atoms with E-state index in [9.17, 15) is 4.79 Å². The molecule has 0 unspecified atom stereocenters. The van der Waals surface area contributed by atoms with Gasteiger partial charge in [-0.15, -0.1) is 0 Å². The Morgan fingerprint density at radius 3 is 2.73 bits per heavy atom. The lowest BCUT2D eigenvalue weighted by Gasteiger charge is -2.22. The summed E-state index contributed by atoms with van der Waals surface area (Å²) in [4.78, 5) is 20.2. The van der Waals surface area contributed by atoms with Gasteiger partial charge in [-0.05, 0) is 47.5 Å². The number of nitrogens with zero attached hydrogens (tertiary/aromatic N) is 2. The first-order valence-corrected chi connectivity index (χ1v) is 7.60. The zero-order valence-electron chi connectivity index (χ0n) is 12.5. The minimum atomic E-state index is -0.744. The molecule has 0 aliphatic carbocycles. The van der Waals surface area contributed by atoms with Gasteiger partial charge in [0.2, 0.25) is 0 Å². The fourth-order valence-corrected chi connectivity index (χ4v) is 2.14. The molecule has 0 aliphatic rings. The van der Waals surface area contributed by atoms with E-state index in [-0.39, 0.29) is 19.2 Å². The molecule has 2 aromatic heterocycles. The van der Waals surface area contributed by atoms with Gasteiger partial charge in [-0.25, -0.2) is 0 Å². The molecule has 2 rings (SSSR count). The molecule has 6 heteroatoms. The highest BCUT2D eigenvalue weighted by atomic mass is 79.9. The summed E-state index contributed by atoms with van der Waals surface area (Å²) < 4.78 is 11.6. The molecule has 5 nitrogen and oxygen atoms in total. The first-order chi connectivity index (χ1) is 10.5. The lowest BCUT2D eigenvalue weighted by Crippen LogP contribution is -2.32. The fourth-order valence-electron chi connectivity index (χ4n) is 1.80. The zero-order valence-corrected chi connectivity index (χ0v) is 14.0. The van der Waals surface area contributed by atoms with E-state index in [0.29, 0.717) is 5.75 Å². The van der Waals surface area contributed by atoms with Crippen molar-refractivity contribution in [1.29, 1.82) is 0 Å². The highest BCUT2D eigenvalue weighted by Gasteiger charge is 2.31. The molecule has 116 valence electrons. The molecule has 0 bridgehead atoms. The second kappa shape index (κ2) is 7.35. The Morgan fingerprint density at radius 1 is 1.23 bits per heavy atom. The van der Waals surface area contributed by atoms with Crippen molar-refractivity contribution < 1.29 is 14.3 Å². The van der Waals surface area contributed by atoms with Gasteiger partial charge in [0, 0.05) is 23.1 Å². The third kappa shape index (κ3) is 4.27. The molecular formula is C16H17BrN2O3. The van der Waals surface area contributed by atoms with E-state index < -0.39 is 5.41 Å². The number of carbonyl (C=O) groups excluding carboxylic acids is 1. The van der Waals surface area contributed by atoms with E-state index >= 15 is 0 Å². The van der Waals surface area contributed by atoms with Crippen LogP contribution in [0.25, 0.3) is 0 Å². The lowest BCUT2D eigenvalue weighted by molar-refractivity contribution is -0.150. The fraction of sp³-hybridized carbons (Fsp3) is 0.312. The van der Waals surface area contributed by atoms with E-state index in [1.165, 1.54) is 0 Å². The second-order valence-electron chi connectivity index (χ2n) is 5.19. The number of rotatable bonds is 6. The molecule has 0 saturated carbocycles. The largest absolute Gasteiger partial charge is 0.488 e. The van der Waals surface area contributed by atoms with Gasteiger partial charge in [-0.2, -0.15) is 0 Å². The molecule has 22 heavy (non-hydrogen) atoms. The van der Waals surface area contributed by atoms with Crippen LogP contribution in [0, 0.1) is 0 Å². The van der Waals surface area contributed by atoms with Crippen molar-refractivity contribution in [2.24, 2.45) is 0 Å². The van der Waals surface area contributed by atoms with Crippen LogP contribution in [0.2, 0.25) is 0 Å². The van der Waals surface area contributed by atoms with Crippen LogP contribution in [0.1, 0.15) is 19.4 Å². The lowest BCUT2D eigenvalue weighted by atomic mass is 9.86.